The van der Waals surface area contributed by atoms with E-state index >= 15 is 0 Å². The second kappa shape index (κ2) is 10.0. The van der Waals surface area contributed by atoms with E-state index in [4.69, 9.17) is 4.74 Å². The van der Waals surface area contributed by atoms with Crippen LogP contribution in [0.4, 0.5) is 0 Å². The zero-order valence-corrected chi connectivity index (χ0v) is 16.3. The van der Waals surface area contributed by atoms with Crippen LogP contribution in [-0.4, -0.2) is 79.4 Å². The normalized spacial score (nSPS) is 20.7. The van der Waals surface area contributed by atoms with Crippen LogP contribution in [0.25, 0.3) is 0 Å². The number of hydrogen-bond acceptors (Lipinski definition) is 5. The first-order valence-electron chi connectivity index (χ1n) is 9.36. The predicted octanol–water partition coefficient (Wildman–Crippen LogP) is 1.10. The van der Waals surface area contributed by atoms with E-state index in [2.05, 4.69) is 22.3 Å². The van der Waals surface area contributed by atoms with Crippen LogP contribution in [0.2, 0.25) is 0 Å². The molecule has 0 saturated carbocycles. The van der Waals surface area contributed by atoms with E-state index in [0.717, 1.165) is 26.2 Å². The molecule has 6 nitrogen and oxygen atoms in total. The monoisotopic (exact) mass is 363 g/mol. The lowest BCUT2D eigenvalue weighted by Gasteiger charge is -2.33. The molecule has 1 aromatic carbocycles. The molecule has 0 aliphatic carbocycles. The Balaban J connectivity index is 1.72. The van der Waals surface area contributed by atoms with Crippen molar-refractivity contribution in [1.82, 2.24) is 15.1 Å². The number of ether oxygens (including phenoxy) is 1. The minimum atomic E-state index is -0.896. The summed E-state index contributed by atoms with van der Waals surface area (Å²) in [4.78, 5) is 16.6. The summed E-state index contributed by atoms with van der Waals surface area (Å²) in [5.74, 6) is -0.0679. The molecule has 146 valence electrons. The van der Waals surface area contributed by atoms with E-state index in [-0.39, 0.29) is 18.6 Å². The second-order valence-corrected chi connectivity index (χ2v) is 7.74. The molecule has 1 heterocycles. The summed E-state index contributed by atoms with van der Waals surface area (Å²) in [5.41, 5.74) is 0.377. The van der Waals surface area contributed by atoms with Crippen LogP contribution in [0.5, 0.6) is 0 Å². The molecule has 1 saturated heterocycles. The molecule has 26 heavy (non-hydrogen) atoms. The highest BCUT2D eigenvalue weighted by Crippen LogP contribution is 2.13. The average molecular weight is 364 g/mol. The first-order chi connectivity index (χ1) is 12.3. The van der Waals surface area contributed by atoms with Crippen LogP contribution in [0.3, 0.4) is 0 Å². The molecule has 0 bridgehead atoms. The van der Waals surface area contributed by atoms with E-state index in [9.17, 15) is 9.90 Å². The minimum absolute atomic E-state index is 0.0679. The number of nitrogens with one attached hydrogen (secondary N) is 1. The molecule has 0 aromatic heterocycles. The third-order valence-corrected chi connectivity index (χ3v) is 4.65. The van der Waals surface area contributed by atoms with Gasteiger partial charge >= 0.3 is 0 Å². The second-order valence-electron chi connectivity index (χ2n) is 7.74. The molecule has 1 aromatic rings. The van der Waals surface area contributed by atoms with Gasteiger partial charge in [-0.1, -0.05) is 30.3 Å². The quantitative estimate of drug-likeness (QED) is 0.688. The number of morpholine rings is 1. The van der Waals surface area contributed by atoms with Gasteiger partial charge in [0.2, 0.25) is 5.91 Å². The van der Waals surface area contributed by atoms with E-state index < -0.39 is 5.60 Å². The van der Waals surface area contributed by atoms with Gasteiger partial charge in [-0.15, -0.1) is 0 Å². The van der Waals surface area contributed by atoms with Crippen molar-refractivity contribution < 1.29 is 14.6 Å². The Hall–Kier alpha value is -1.47. The van der Waals surface area contributed by atoms with Gasteiger partial charge in [-0.3, -0.25) is 9.69 Å². The van der Waals surface area contributed by atoms with Crippen LogP contribution in [-0.2, 0) is 16.1 Å². The smallest absolute Gasteiger partial charge is 0.222 e. The molecule has 1 fully saturated rings. The Bertz CT molecular complexity index is 548. The van der Waals surface area contributed by atoms with Crippen LogP contribution in [0.1, 0.15) is 25.3 Å². The number of rotatable bonds is 9. The molecule has 0 radical (unpaired) electrons. The van der Waals surface area contributed by atoms with Gasteiger partial charge in [-0.2, -0.15) is 0 Å². The van der Waals surface area contributed by atoms with Gasteiger partial charge in [0.15, 0.2) is 0 Å². The van der Waals surface area contributed by atoms with Crippen molar-refractivity contribution >= 4 is 5.91 Å². The molecule has 1 aliphatic rings. The lowest BCUT2D eigenvalue weighted by molar-refractivity contribution is -0.127. The van der Waals surface area contributed by atoms with Crippen molar-refractivity contribution in [2.75, 3.05) is 46.9 Å². The Kier molecular flexibility index (Phi) is 8.03. The number of benzene rings is 1. The molecule has 6 heteroatoms. The number of aliphatic hydroxyl groups is 1. The summed E-state index contributed by atoms with van der Waals surface area (Å²) in [6.07, 6.45) is 0.847. The minimum Gasteiger partial charge on any atom is -0.388 e. The molecule has 2 atom stereocenters. The van der Waals surface area contributed by atoms with E-state index in [1.165, 1.54) is 5.56 Å². The van der Waals surface area contributed by atoms with Gasteiger partial charge in [0.25, 0.3) is 0 Å². The summed E-state index contributed by atoms with van der Waals surface area (Å²) >= 11 is 0. The highest BCUT2D eigenvalue weighted by Gasteiger charge is 2.25. The zero-order chi connectivity index (χ0) is 19.0. The van der Waals surface area contributed by atoms with Crippen LogP contribution >= 0.6 is 0 Å². The maximum absolute atomic E-state index is 12.2. The number of carbonyl (C=O) groups is 1. The molecule has 1 aliphatic heterocycles. The van der Waals surface area contributed by atoms with Crippen molar-refractivity contribution in [1.29, 1.82) is 0 Å². The van der Waals surface area contributed by atoms with Crippen molar-refractivity contribution in [2.45, 2.75) is 38.0 Å². The fourth-order valence-electron chi connectivity index (χ4n) is 3.01. The molecular formula is C20H33N3O3. The van der Waals surface area contributed by atoms with Crippen molar-refractivity contribution in [3.05, 3.63) is 35.9 Å². The maximum Gasteiger partial charge on any atom is 0.222 e. The summed E-state index contributed by atoms with van der Waals surface area (Å²) < 4.78 is 5.76. The number of hydrogen-bond donors (Lipinski definition) is 2. The lowest BCUT2D eigenvalue weighted by atomic mass is 10.0. The Morgan fingerprint density at radius 2 is 2.12 bits per heavy atom. The highest BCUT2D eigenvalue weighted by molar-refractivity contribution is 5.76. The Labute approximate surface area is 157 Å². The Morgan fingerprint density at radius 1 is 1.38 bits per heavy atom. The van der Waals surface area contributed by atoms with Gasteiger partial charge in [0, 0.05) is 32.7 Å². The fraction of sp³-hybridized carbons (Fsp3) is 0.650. The molecule has 1 amide bonds. The van der Waals surface area contributed by atoms with Gasteiger partial charge in [0.05, 0.1) is 24.7 Å². The number of carbonyl (C=O) groups excluding carboxylic acids is 1. The maximum atomic E-state index is 12.2. The van der Waals surface area contributed by atoms with Crippen LogP contribution in [0.15, 0.2) is 30.3 Å². The standard InChI is InChI=1S/C20H33N3O3/c1-20(25,9-10-22(2)3)16-21-19(24)13-18-15-23(11-12-26-18)14-17-7-5-4-6-8-17/h4-8,18,25H,9-16H2,1-3H3,(H,21,24)/t18-,20-/m0/s1. The lowest BCUT2D eigenvalue weighted by Crippen LogP contribution is -2.46. The predicted molar refractivity (Wildman–Crippen MR) is 103 cm³/mol. The molecule has 0 spiro atoms. The van der Waals surface area contributed by atoms with Gasteiger partial charge < -0.3 is 20.1 Å². The largest absolute Gasteiger partial charge is 0.388 e. The zero-order valence-electron chi connectivity index (χ0n) is 16.3. The van der Waals surface area contributed by atoms with Crippen LogP contribution < -0.4 is 5.32 Å². The molecule has 2 N–H and O–H groups in total. The SMILES string of the molecule is CN(C)CC[C@](C)(O)CNC(=O)C[C@H]1CN(Cc2ccccc2)CCO1. The topological polar surface area (TPSA) is 65.0 Å². The van der Waals surface area contributed by atoms with Crippen molar-refractivity contribution in [3.8, 4) is 0 Å². The summed E-state index contributed by atoms with van der Waals surface area (Å²) in [5, 5.41) is 13.2. The average Bonchev–Trinajstić information content (AvgIpc) is 2.60. The molecule has 0 unspecified atom stereocenters. The van der Waals surface area contributed by atoms with Gasteiger partial charge in [-0.05, 0) is 33.0 Å². The first kappa shape index (κ1) is 20.8. The van der Waals surface area contributed by atoms with Gasteiger partial charge in [0.1, 0.15) is 0 Å². The first-order valence-corrected chi connectivity index (χ1v) is 9.36. The summed E-state index contributed by atoms with van der Waals surface area (Å²) in [6, 6.07) is 10.3. The molecular weight excluding hydrogens is 330 g/mol. The summed E-state index contributed by atoms with van der Waals surface area (Å²) in [6.45, 7) is 5.96. The van der Waals surface area contributed by atoms with E-state index in [1.54, 1.807) is 6.92 Å². The van der Waals surface area contributed by atoms with Crippen molar-refractivity contribution in [2.24, 2.45) is 0 Å². The number of nitrogens with zero attached hydrogens (tertiary/aromatic N) is 2. The van der Waals surface area contributed by atoms with E-state index in [1.807, 2.05) is 37.2 Å². The van der Waals surface area contributed by atoms with Gasteiger partial charge in [-0.25, -0.2) is 0 Å². The third-order valence-electron chi connectivity index (χ3n) is 4.65. The van der Waals surface area contributed by atoms with Crippen molar-refractivity contribution in [3.63, 3.8) is 0 Å². The Morgan fingerprint density at radius 3 is 2.81 bits per heavy atom. The van der Waals surface area contributed by atoms with E-state index in [0.29, 0.717) is 19.4 Å². The fourth-order valence-corrected chi connectivity index (χ4v) is 3.01. The molecule has 2 rings (SSSR count). The highest BCUT2D eigenvalue weighted by atomic mass is 16.5. The third kappa shape index (κ3) is 7.83. The number of amides is 1. The summed E-state index contributed by atoms with van der Waals surface area (Å²) in [7, 11) is 3.94. The van der Waals surface area contributed by atoms with Crippen LogP contribution in [0, 0.1) is 0 Å².